The molecule has 1 aromatic carbocycles. The van der Waals surface area contributed by atoms with E-state index in [-0.39, 0.29) is 5.41 Å². The number of anilines is 1. The van der Waals surface area contributed by atoms with E-state index in [2.05, 4.69) is 42.2 Å². The van der Waals surface area contributed by atoms with Gasteiger partial charge in [0.25, 0.3) is 0 Å². The van der Waals surface area contributed by atoms with Crippen LogP contribution in [0.5, 0.6) is 5.75 Å². The number of carbonyl (C=O) groups excluding carboxylic acids is 1. The van der Waals surface area contributed by atoms with Crippen LogP contribution < -0.4 is 15.0 Å². The van der Waals surface area contributed by atoms with Crippen molar-refractivity contribution in [1.82, 2.24) is 10.2 Å². The van der Waals surface area contributed by atoms with E-state index in [9.17, 15) is 4.79 Å². The SMILES string of the molecule is CCNC(=O)Oc1ccc2c(c1)[C@@]1(C)CCN(C)[C@H]1N2C. The van der Waals surface area contributed by atoms with Gasteiger partial charge in [-0.3, -0.25) is 4.90 Å². The molecule has 0 spiro atoms. The standard InChI is InChI=1S/C16H23N3O2/c1-5-17-15(20)21-11-6-7-13-12(10-11)16(2)8-9-18(3)14(16)19(13)4/h6-7,10,14H,5,8-9H2,1-4H3,(H,17,20)/t14-,16+/m0/s1. The Morgan fingerprint density at radius 1 is 1.48 bits per heavy atom. The normalized spacial score (nSPS) is 27.4. The summed E-state index contributed by atoms with van der Waals surface area (Å²) >= 11 is 0. The van der Waals surface area contributed by atoms with Crippen LogP contribution in [0.2, 0.25) is 0 Å². The predicted octanol–water partition coefficient (Wildman–Crippen LogP) is 2.16. The third-order valence-corrected chi connectivity index (χ3v) is 4.83. The van der Waals surface area contributed by atoms with Gasteiger partial charge in [-0.25, -0.2) is 4.79 Å². The number of ether oxygens (including phenoxy) is 1. The average Bonchev–Trinajstić information content (AvgIpc) is 2.85. The number of hydrogen-bond donors (Lipinski definition) is 1. The summed E-state index contributed by atoms with van der Waals surface area (Å²) in [7, 11) is 4.31. The van der Waals surface area contributed by atoms with Crippen molar-refractivity contribution in [2.45, 2.75) is 31.8 Å². The van der Waals surface area contributed by atoms with Crippen molar-refractivity contribution in [3.05, 3.63) is 23.8 Å². The highest BCUT2D eigenvalue weighted by molar-refractivity contribution is 5.72. The Morgan fingerprint density at radius 2 is 2.24 bits per heavy atom. The Labute approximate surface area is 125 Å². The second-order valence-electron chi connectivity index (χ2n) is 6.23. The summed E-state index contributed by atoms with van der Waals surface area (Å²) in [5.41, 5.74) is 2.61. The molecule has 1 N–H and O–H groups in total. The third-order valence-electron chi connectivity index (χ3n) is 4.83. The maximum atomic E-state index is 11.6. The molecule has 2 aliphatic rings. The highest BCUT2D eigenvalue weighted by Gasteiger charge is 2.52. The summed E-state index contributed by atoms with van der Waals surface area (Å²) in [5.74, 6) is 0.615. The van der Waals surface area contributed by atoms with E-state index >= 15 is 0 Å². The van der Waals surface area contributed by atoms with Gasteiger partial charge in [-0.15, -0.1) is 0 Å². The lowest BCUT2D eigenvalue weighted by atomic mass is 9.81. The Bertz CT molecular complexity index is 575. The van der Waals surface area contributed by atoms with Crippen molar-refractivity contribution >= 4 is 11.8 Å². The van der Waals surface area contributed by atoms with Gasteiger partial charge in [0.05, 0.1) is 6.17 Å². The minimum atomic E-state index is -0.394. The van der Waals surface area contributed by atoms with Crippen LogP contribution >= 0.6 is 0 Å². The molecule has 3 rings (SSSR count). The number of amides is 1. The number of likely N-dealkylation sites (tertiary alicyclic amines) is 1. The minimum absolute atomic E-state index is 0.0967. The number of likely N-dealkylation sites (N-methyl/N-ethyl adjacent to an activating group) is 2. The summed E-state index contributed by atoms with van der Waals surface area (Å²) in [5, 5.41) is 2.65. The zero-order valence-electron chi connectivity index (χ0n) is 13.1. The third kappa shape index (κ3) is 2.07. The second-order valence-corrected chi connectivity index (χ2v) is 6.23. The molecule has 0 saturated carbocycles. The fraction of sp³-hybridized carbons (Fsp3) is 0.562. The molecule has 5 nitrogen and oxygen atoms in total. The Balaban J connectivity index is 1.93. The lowest BCUT2D eigenvalue weighted by Gasteiger charge is -2.32. The van der Waals surface area contributed by atoms with Gasteiger partial charge in [-0.2, -0.15) is 0 Å². The first kappa shape index (κ1) is 14.2. The van der Waals surface area contributed by atoms with E-state index in [1.54, 1.807) is 0 Å². The molecule has 5 heteroatoms. The molecule has 21 heavy (non-hydrogen) atoms. The van der Waals surface area contributed by atoms with Crippen molar-refractivity contribution < 1.29 is 9.53 Å². The zero-order chi connectivity index (χ0) is 15.2. The lowest BCUT2D eigenvalue weighted by molar-refractivity contribution is 0.201. The maximum Gasteiger partial charge on any atom is 0.412 e. The molecule has 1 saturated heterocycles. The molecule has 1 amide bonds. The number of rotatable bonds is 2. The average molecular weight is 289 g/mol. The molecule has 0 aromatic heterocycles. The first-order valence-corrected chi connectivity index (χ1v) is 7.50. The molecule has 1 fully saturated rings. The predicted molar refractivity (Wildman–Crippen MR) is 82.9 cm³/mol. The van der Waals surface area contributed by atoms with Gasteiger partial charge in [-0.1, -0.05) is 6.92 Å². The van der Waals surface area contributed by atoms with Crippen LogP contribution in [0.15, 0.2) is 18.2 Å². The number of nitrogens with one attached hydrogen (secondary N) is 1. The van der Waals surface area contributed by atoms with Crippen LogP contribution in [0.3, 0.4) is 0 Å². The summed E-state index contributed by atoms with van der Waals surface area (Å²) in [6.07, 6.45) is 1.11. The molecule has 2 atom stereocenters. The zero-order valence-corrected chi connectivity index (χ0v) is 13.1. The van der Waals surface area contributed by atoms with Crippen molar-refractivity contribution in [2.75, 3.05) is 32.1 Å². The van der Waals surface area contributed by atoms with Gasteiger partial charge < -0.3 is 15.0 Å². The van der Waals surface area contributed by atoms with Crippen LogP contribution in [0.4, 0.5) is 10.5 Å². The van der Waals surface area contributed by atoms with Gasteiger partial charge in [-0.05, 0) is 44.2 Å². The molecule has 0 unspecified atom stereocenters. The highest BCUT2D eigenvalue weighted by atomic mass is 16.6. The van der Waals surface area contributed by atoms with E-state index in [0.717, 1.165) is 13.0 Å². The fourth-order valence-corrected chi connectivity index (χ4v) is 3.91. The summed E-state index contributed by atoms with van der Waals surface area (Å²) < 4.78 is 5.35. The van der Waals surface area contributed by atoms with E-state index in [4.69, 9.17) is 4.74 Å². The van der Waals surface area contributed by atoms with Crippen molar-refractivity contribution in [3.63, 3.8) is 0 Å². The largest absolute Gasteiger partial charge is 0.412 e. The fourth-order valence-electron chi connectivity index (χ4n) is 3.91. The summed E-state index contributed by atoms with van der Waals surface area (Å²) in [6.45, 7) is 5.84. The van der Waals surface area contributed by atoms with Gasteiger partial charge in [0.2, 0.25) is 0 Å². The molecular weight excluding hydrogens is 266 g/mol. The van der Waals surface area contributed by atoms with Crippen molar-refractivity contribution in [3.8, 4) is 5.75 Å². The number of hydrogen-bond acceptors (Lipinski definition) is 4. The number of fused-ring (bicyclic) bond motifs is 3. The highest BCUT2D eigenvalue weighted by Crippen LogP contribution is 2.51. The van der Waals surface area contributed by atoms with E-state index < -0.39 is 6.09 Å². The monoisotopic (exact) mass is 289 g/mol. The molecule has 0 bridgehead atoms. The summed E-state index contributed by atoms with van der Waals surface area (Å²) in [4.78, 5) is 16.3. The Hall–Kier alpha value is -1.75. The first-order valence-electron chi connectivity index (χ1n) is 7.50. The van der Waals surface area contributed by atoms with Crippen molar-refractivity contribution in [1.29, 1.82) is 0 Å². The van der Waals surface area contributed by atoms with Gasteiger partial charge in [0, 0.05) is 31.2 Å². The molecule has 0 radical (unpaired) electrons. The van der Waals surface area contributed by atoms with Crippen LogP contribution in [-0.2, 0) is 5.41 Å². The Morgan fingerprint density at radius 3 is 2.95 bits per heavy atom. The van der Waals surface area contributed by atoms with Crippen molar-refractivity contribution in [2.24, 2.45) is 0 Å². The molecular formula is C16H23N3O2. The van der Waals surface area contributed by atoms with Gasteiger partial charge >= 0.3 is 6.09 Å². The van der Waals surface area contributed by atoms with Gasteiger partial charge in [0.1, 0.15) is 5.75 Å². The maximum absolute atomic E-state index is 11.6. The second kappa shape index (κ2) is 4.91. The Kier molecular flexibility index (Phi) is 3.32. The number of carbonyl (C=O) groups is 1. The molecule has 2 heterocycles. The van der Waals surface area contributed by atoms with E-state index in [1.807, 2.05) is 19.1 Å². The lowest BCUT2D eigenvalue weighted by Crippen LogP contribution is -2.45. The molecule has 2 aliphatic heterocycles. The quantitative estimate of drug-likeness (QED) is 0.906. The smallest absolute Gasteiger partial charge is 0.410 e. The number of nitrogens with zero attached hydrogens (tertiary/aromatic N) is 2. The van der Waals surface area contributed by atoms with Crippen LogP contribution in [-0.4, -0.2) is 44.3 Å². The van der Waals surface area contributed by atoms with Crippen LogP contribution in [0.25, 0.3) is 0 Å². The molecule has 114 valence electrons. The molecule has 1 aromatic rings. The molecule has 0 aliphatic carbocycles. The first-order chi connectivity index (χ1) is 9.97. The topological polar surface area (TPSA) is 44.8 Å². The van der Waals surface area contributed by atoms with Crippen LogP contribution in [0.1, 0.15) is 25.8 Å². The van der Waals surface area contributed by atoms with E-state index in [0.29, 0.717) is 18.5 Å². The number of benzene rings is 1. The van der Waals surface area contributed by atoms with Gasteiger partial charge in [0.15, 0.2) is 0 Å². The van der Waals surface area contributed by atoms with Crippen LogP contribution in [0, 0.1) is 0 Å². The van der Waals surface area contributed by atoms with E-state index in [1.165, 1.54) is 11.3 Å². The minimum Gasteiger partial charge on any atom is -0.410 e. The summed E-state index contributed by atoms with van der Waals surface area (Å²) in [6, 6.07) is 5.95.